The van der Waals surface area contributed by atoms with Gasteiger partial charge in [0.1, 0.15) is 5.75 Å². The molecule has 0 heterocycles. The fraction of sp³-hybridized carbons (Fsp3) is 0.143. The summed E-state index contributed by atoms with van der Waals surface area (Å²) < 4.78 is 24.0. The zero-order valence-corrected chi connectivity index (χ0v) is 9.80. The van der Waals surface area contributed by atoms with Crippen LogP contribution >= 0.6 is 0 Å². The van der Waals surface area contributed by atoms with Crippen LogP contribution in [0.4, 0.5) is 0 Å². The molecule has 1 aromatic rings. The number of benzene rings is 1. The van der Waals surface area contributed by atoms with Crippen LogP contribution in [0.1, 0.15) is 0 Å². The molecule has 1 radical (unpaired) electrons. The van der Waals surface area contributed by atoms with Crippen LogP contribution in [0.3, 0.4) is 0 Å². The van der Waals surface area contributed by atoms with E-state index in [9.17, 15) is 4.21 Å². The quantitative estimate of drug-likeness (QED) is 0.563. The van der Waals surface area contributed by atoms with Gasteiger partial charge in [0, 0.05) is 29.6 Å². The summed E-state index contributed by atoms with van der Waals surface area (Å²) in [6.45, 7) is 0. The summed E-state index contributed by atoms with van der Waals surface area (Å²) in [6.07, 6.45) is 0. The minimum Gasteiger partial charge on any atom is -0.497 e. The summed E-state index contributed by atoms with van der Waals surface area (Å²) in [5.41, 5.74) is 0. The molecular formula is C7H8NaO3S. The Morgan fingerprint density at radius 1 is 1.33 bits per heavy atom. The van der Waals surface area contributed by atoms with E-state index in [1.807, 2.05) is 0 Å². The zero-order valence-electron chi connectivity index (χ0n) is 6.98. The molecule has 1 N–H and O–H groups in total. The van der Waals surface area contributed by atoms with Gasteiger partial charge in [0.2, 0.25) is 0 Å². The fourth-order valence-electron chi connectivity index (χ4n) is 0.692. The average Bonchev–Trinajstić information content (AvgIpc) is 2.05. The molecule has 1 rings (SSSR count). The molecule has 1 atom stereocenters. The second-order valence-electron chi connectivity index (χ2n) is 1.92. The summed E-state index contributed by atoms with van der Waals surface area (Å²) in [5.74, 6) is 0.680. The van der Waals surface area contributed by atoms with Gasteiger partial charge in [-0.1, -0.05) is 0 Å². The summed E-state index contributed by atoms with van der Waals surface area (Å²) in [7, 11) is 1.55. The Bertz CT molecular complexity index is 260. The Kier molecular flexibility index (Phi) is 5.78. The van der Waals surface area contributed by atoms with Crippen molar-refractivity contribution in [1.29, 1.82) is 0 Å². The van der Waals surface area contributed by atoms with Gasteiger partial charge in [-0.15, -0.1) is 0 Å². The van der Waals surface area contributed by atoms with Crippen LogP contribution in [0.15, 0.2) is 29.2 Å². The van der Waals surface area contributed by atoms with Crippen molar-refractivity contribution in [1.82, 2.24) is 0 Å². The van der Waals surface area contributed by atoms with E-state index in [1.165, 1.54) is 0 Å². The van der Waals surface area contributed by atoms with Gasteiger partial charge < -0.3 is 9.29 Å². The molecule has 0 aliphatic carbocycles. The summed E-state index contributed by atoms with van der Waals surface area (Å²) in [4.78, 5) is 0.380. The van der Waals surface area contributed by atoms with Gasteiger partial charge >= 0.3 is 0 Å². The Balaban J connectivity index is 0.00000121. The van der Waals surface area contributed by atoms with Crippen molar-refractivity contribution in [3.63, 3.8) is 0 Å². The molecule has 0 fully saturated rings. The minimum absolute atomic E-state index is 0. The number of ether oxygens (including phenoxy) is 1. The van der Waals surface area contributed by atoms with E-state index in [0.29, 0.717) is 10.6 Å². The van der Waals surface area contributed by atoms with E-state index < -0.39 is 11.1 Å². The van der Waals surface area contributed by atoms with E-state index in [1.54, 1.807) is 31.4 Å². The van der Waals surface area contributed by atoms with Crippen LogP contribution in [0.2, 0.25) is 0 Å². The molecular weight excluding hydrogens is 187 g/mol. The number of hydrogen-bond donors (Lipinski definition) is 1. The topological polar surface area (TPSA) is 46.5 Å². The third-order valence-corrected chi connectivity index (χ3v) is 1.94. The summed E-state index contributed by atoms with van der Waals surface area (Å²) in [6, 6.07) is 6.39. The number of hydrogen-bond acceptors (Lipinski definition) is 2. The molecule has 5 heteroatoms. The van der Waals surface area contributed by atoms with E-state index >= 15 is 0 Å². The first-order valence-electron chi connectivity index (χ1n) is 2.99. The molecule has 61 valence electrons. The van der Waals surface area contributed by atoms with Crippen molar-refractivity contribution < 1.29 is 13.5 Å². The van der Waals surface area contributed by atoms with Gasteiger partial charge in [-0.25, -0.2) is 4.21 Å². The molecule has 0 spiro atoms. The predicted octanol–water partition coefficient (Wildman–Crippen LogP) is 0.895. The Hall–Kier alpha value is 0.130. The maximum atomic E-state index is 10.5. The normalized spacial score (nSPS) is 11.5. The van der Waals surface area contributed by atoms with Crippen molar-refractivity contribution in [3.05, 3.63) is 24.3 Å². The molecule has 0 aromatic heterocycles. The van der Waals surface area contributed by atoms with Crippen LogP contribution in [0.5, 0.6) is 5.75 Å². The van der Waals surface area contributed by atoms with Gasteiger partial charge in [0.15, 0.2) is 11.1 Å². The van der Waals surface area contributed by atoms with E-state index in [4.69, 9.17) is 9.29 Å². The Morgan fingerprint density at radius 2 is 1.83 bits per heavy atom. The molecule has 0 saturated carbocycles. The average molecular weight is 195 g/mol. The molecule has 0 bridgehead atoms. The van der Waals surface area contributed by atoms with Crippen molar-refractivity contribution in [2.24, 2.45) is 0 Å². The molecule has 0 aliphatic heterocycles. The monoisotopic (exact) mass is 195 g/mol. The molecule has 1 aromatic carbocycles. The fourth-order valence-corrected chi connectivity index (χ4v) is 1.06. The van der Waals surface area contributed by atoms with Gasteiger partial charge in [-0.2, -0.15) is 0 Å². The van der Waals surface area contributed by atoms with Crippen molar-refractivity contribution in [2.45, 2.75) is 4.90 Å². The first-order chi connectivity index (χ1) is 5.24. The molecule has 0 aliphatic rings. The first kappa shape index (κ1) is 12.1. The maximum Gasteiger partial charge on any atom is 0.186 e. The van der Waals surface area contributed by atoms with Crippen LogP contribution < -0.4 is 4.74 Å². The second-order valence-corrected chi connectivity index (χ2v) is 2.89. The Morgan fingerprint density at radius 3 is 2.17 bits per heavy atom. The summed E-state index contributed by atoms with van der Waals surface area (Å²) >= 11 is -1.89. The summed E-state index contributed by atoms with van der Waals surface area (Å²) in [5, 5.41) is 0. The smallest absolute Gasteiger partial charge is 0.186 e. The maximum absolute atomic E-state index is 10.5. The molecule has 1 unspecified atom stereocenters. The van der Waals surface area contributed by atoms with Gasteiger partial charge in [0.05, 0.1) is 12.0 Å². The Labute approximate surface area is 95.7 Å². The predicted molar refractivity (Wildman–Crippen MR) is 47.8 cm³/mol. The van der Waals surface area contributed by atoms with E-state index in [2.05, 4.69) is 0 Å². The minimum atomic E-state index is -1.89. The first-order valence-corrected chi connectivity index (χ1v) is 4.09. The zero-order chi connectivity index (χ0) is 8.27. The van der Waals surface area contributed by atoms with Crippen molar-refractivity contribution in [3.8, 4) is 5.75 Å². The third kappa shape index (κ3) is 3.25. The van der Waals surface area contributed by atoms with E-state index in [-0.39, 0.29) is 29.6 Å². The SMILES string of the molecule is COc1ccc(S(=O)O)cc1.[Na]. The van der Waals surface area contributed by atoms with Crippen molar-refractivity contribution >= 4 is 40.6 Å². The van der Waals surface area contributed by atoms with Crippen LogP contribution in [-0.4, -0.2) is 45.4 Å². The van der Waals surface area contributed by atoms with Crippen LogP contribution in [0.25, 0.3) is 0 Å². The van der Waals surface area contributed by atoms with Crippen LogP contribution in [0, 0.1) is 0 Å². The molecule has 3 nitrogen and oxygen atoms in total. The largest absolute Gasteiger partial charge is 0.497 e. The van der Waals surface area contributed by atoms with Gasteiger partial charge in [-0.05, 0) is 24.3 Å². The molecule has 0 saturated heterocycles. The van der Waals surface area contributed by atoms with Gasteiger partial charge in [-0.3, -0.25) is 0 Å². The van der Waals surface area contributed by atoms with Crippen molar-refractivity contribution in [2.75, 3.05) is 7.11 Å². The number of rotatable bonds is 2. The van der Waals surface area contributed by atoms with Gasteiger partial charge in [0.25, 0.3) is 0 Å². The second kappa shape index (κ2) is 5.72. The standard InChI is InChI=1S/C7H8O3S.Na/c1-10-6-2-4-7(5-3-6)11(8)9;/h2-5H,1H3,(H,8,9);. The number of methoxy groups -OCH3 is 1. The molecule has 0 amide bonds. The third-order valence-electron chi connectivity index (χ3n) is 1.26. The van der Waals surface area contributed by atoms with E-state index in [0.717, 1.165) is 0 Å². The molecule has 12 heavy (non-hydrogen) atoms. The van der Waals surface area contributed by atoms with Crippen LogP contribution in [-0.2, 0) is 11.1 Å².